The Balaban J connectivity index is 1.99. The van der Waals surface area contributed by atoms with E-state index in [2.05, 4.69) is 11.9 Å². The van der Waals surface area contributed by atoms with E-state index in [4.69, 9.17) is 22.1 Å². The fraction of sp³-hybridized carbons (Fsp3) is 0.312. The van der Waals surface area contributed by atoms with Gasteiger partial charge in [0.2, 0.25) is 0 Å². The number of ether oxygens (including phenoxy) is 1. The molecule has 0 bridgehead atoms. The van der Waals surface area contributed by atoms with Gasteiger partial charge in [-0.2, -0.15) is 0 Å². The van der Waals surface area contributed by atoms with Crippen LogP contribution in [0.15, 0.2) is 42.7 Å². The highest BCUT2D eigenvalue weighted by molar-refractivity contribution is 6.32. The number of benzene rings is 1. The van der Waals surface area contributed by atoms with E-state index < -0.39 is 0 Å². The normalized spacial score (nSPS) is 12.2. The molecule has 0 aliphatic carbocycles. The van der Waals surface area contributed by atoms with Crippen LogP contribution in [-0.2, 0) is 13.0 Å². The van der Waals surface area contributed by atoms with Crippen LogP contribution < -0.4 is 10.5 Å². The summed E-state index contributed by atoms with van der Waals surface area (Å²) >= 11 is 6.24. The van der Waals surface area contributed by atoms with Crippen LogP contribution in [-0.4, -0.2) is 11.0 Å². The predicted molar refractivity (Wildman–Crippen MR) is 82.0 cm³/mol. The van der Waals surface area contributed by atoms with Crippen LogP contribution in [0.2, 0.25) is 5.02 Å². The second kappa shape index (κ2) is 7.27. The van der Waals surface area contributed by atoms with Gasteiger partial charge in [0.25, 0.3) is 0 Å². The summed E-state index contributed by atoms with van der Waals surface area (Å²) in [4.78, 5) is 3.97. The standard InChI is InChI=1S/C16H19ClN2O/c1-2-14(18)9-13-3-4-16(15(17)10-13)20-11-12-5-7-19-8-6-12/h3-8,10,14H,2,9,11,18H2,1H3. The number of hydrogen-bond acceptors (Lipinski definition) is 3. The molecule has 0 aliphatic rings. The monoisotopic (exact) mass is 290 g/mol. The molecule has 1 atom stereocenters. The smallest absolute Gasteiger partial charge is 0.138 e. The zero-order valence-electron chi connectivity index (χ0n) is 11.6. The Labute approximate surface area is 124 Å². The van der Waals surface area contributed by atoms with E-state index in [1.54, 1.807) is 12.4 Å². The zero-order valence-corrected chi connectivity index (χ0v) is 12.3. The molecule has 1 aromatic carbocycles. The van der Waals surface area contributed by atoms with Gasteiger partial charge in [-0.15, -0.1) is 0 Å². The van der Waals surface area contributed by atoms with Gasteiger partial charge >= 0.3 is 0 Å². The molecule has 4 heteroatoms. The van der Waals surface area contributed by atoms with Crippen molar-refractivity contribution in [1.29, 1.82) is 0 Å². The number of hydrogen-bond donors (Lipinski definition) is 1. The SMILES string of the molecule is CCC(N)Cc1ccc(OCc2ccncc2)c(Cl)c1. The molecule has 0 aliphatic heterocycles. The maximum absolute atomic E-state index is 6.24. The van der Waals surface area contributed by atoms with E-state index >= 15 is 0 Å². The van der Waals surface area contributed by atoms with Crippen LogP contribution in [0.5, 0.6) is 5.75 Å². The Morgan fingerprint density at radius 2 is 1.95 bits per heavy atom. The molecule has 0 amide bonds. The maximum Gasteiger partial charge on any atom is 0.138 e. The summed E-state index contributed by atoms with van der Waals surface area (Å²) in [7, 11) is 0. The van der Waals surface area contributed by atoms with Gasteiger partial charge in [-0.1, -0.05) is 24.6 Å². The molecule has 0 saturated carbocycles. The topological polar surface area (TPSA) is 48.1 Å². The number of pyridine rings is 1. The number of nitrogens with zero attached hydrogens (tertiary/aromatic N) is 1. The Bertz CT molecular complexity index is 545. The average Bonchev–Trinajstić information content (AvgIpc) is 2.47. The second-order valence-electron chi connectivity index (χ2n) is 4.78. The summed E-state index contributed by atoms with van der Waals surface area (Å²) < 4.78 is 5.72. The van der Waals surface area contributed by atoms with Crippen LogP contribution in [0.25, 0.3) is 0 Å². The first kappa shape index (κ1) is 14.8. The van der Waals surface area contributed by atoms with Crippen LogP contribution in [0, 0.1) is 0 Å². The van der Waals surface area contributed by atoms with Crippen LogP contribution in [0.4, 0.5) is 0 Å². The summed E-state index contributed by atoms with van der Waals surface area (Å²) in [6.07, 6.45) is 5.28. The molecule has 1 unspecified atom stereocenters. The van der Waals surface area contributed by atoms with Crippen molar-refractivity contribution in [2.24, 2.45) is 5.73 Å². The van der Waals surface area contributed by atoms with Gasteiger partial charge in [-0.05, 0) is 48.2 Å². The lowest BCUT2D eigenvalue weighted by Crippen LogP contribution is -2.21. The molecule has 2 aromatic rings. The molecule has 0 fully saturated rings. The molecule has 1 aromatic heterocycles. The van der Waals surface area contributed by atoms with Crippen molar-refractivity contribution < 1.29 is 4.74 Å². The predicted octanol–water partition coefficient (Wildman–Crippen LogP) is 3.59. The minimum atomic E-state index is 0.176. The van der Waals surface area contributed by atoms with Crippen molar-refractivity contribution in [1.82, 2.24) is 4.98 Å². The summed E-state index contributed by atoms with van der Waals surface area (Å²) in [5.41, 5.74) is 8.15. The van der Waals surface area contributed by atoms with Crippen molar-refractivity contribution in [2.45, 2.75) is 32.4 Å². The number of halogens is 1. The van der Waals surface area contributed by atoms with E-state index in [0.717, 1.165) is 24.0 Å². The van der Waals surface area contributed by atoms with Gasteiger partial charge in [-0.25, -0.2) is 0 Å². The number of rotatable bonds is 6. The maximum atomic E-state index is 6.24. The second-order valence-corrected chi connectivity index (χ2v) is 5.19. The quantitative estimate of drug-likeness (QED) is 0.884. The first-order valence-electron chi connectivity index (χ1n) is 6.74. The largest absolute Gasteiger partial charge is 0.487 e. The molecule has 0 saturated heterocycles. The molecule has 106 valence electrons. The van der Waals surface area contributed by atoms with E-state index in [0.29, 0.717) is 17.4 Å². The first-order chi connectivity index (χ1) is 9.69. The highest BCUT2D eigenvalue weighted by Gasteiger charge is 2.06. The molecule has 0 spiro atoms. The third kappa shape index (κ3) is 4.22. The Kier molecular flexibility index (Phi) is 5.39. The fourth-order valence-electron chi connectivity index (χ4n) is 1.88. The lowest BCUT2D eigenvalue weighted by molar-refractivity contribution is 0.306. The highest BCUT2D eigenvalue weighted by Crippen LogP contribution is 2.26. The molecule has 0 radical (unpaired) electrons. The minimum absolute atomic E-state index is 0.176. The van der Waals surface area contributed by atoms with Crippen molar-refractivity contribution in [3.8, 4) is 5.75 Å². The highest BCUT2D eigenvalue weighted by atomic mass is 35.5. The molecule has 20 heavy (non-hydrogen) atoms. The van der Waals surface area contributed by atoms with E-state index in [-0.39, 0.29) is 6.04 Å². The number of aromatic nitrogens is 1. The van der Waals surface area contributed by atoms with Gasteiger partial charge in [-0.3, -0.25) is 4.98 Å². The third-order valence-electron chi connectivity index (χ3n) is 3.16. The summed E-state index contributed by atoms with van der Waals surface area (Å²) in [5, 5.41) is 0.625. The number of nitrogens with two attached hydrogens (primary N) is 1. The van der Waals surface area contributed by atoms with Crippen molar-refractivity contribution in [3.05, 3.63) is 58.9 Å². The van der Waals surface area contributed by atoms with Crippen molar-refractivity contribution >= 4 is 11.6 Å². The van der Waals surface area contributed by atoms with Gasteiger partial charge in [0.1, 0.15) is 12.4 Å². The molecule has 2 rings (SSSR count). The summed E-state index contributed by atoms with van der Waals surface area (Å²) in [6.45, 7) is 2.56. The average molecular weight is 291 g/mol. The van der Waals surface area contributed by atoms with E-state index in [9.17, 15) is 0 Å². The Morgan fingerprint density at radius 3 is 2.60 bits per heavy atom. The van der Waals surface area contributed by atoms with Gasteiger partial charge in [0.05, 0.1) is 5.02 Å². The molecular weight excluding hydrogens is 272 g/mol. The van der Waals surface area contributed by atoms with Gasteiger partial charge in [0.15, 0.2) is 0 Å². The molecule has 2 N–H and O–H groups in total. The minimum Gasteiger partial charge on any atom is -0.487 e. The molecular formula is C16H19ClN2O. The zero-order chi connectivity index (χ0) is 14.4. The van der Waals surface area contributed by atoms with Crippen molar-refractivity contribution in [2.75, 3.05) is 0 Å². The lowest BCUT2D eigenvalue weighted by atomic mass is 10.0. The molecule has 3 nitrogen and oxygen atoms in total. The van der Waals surface area contributed by atoms with Crippen LogP contribution >= 0.6 is 11.6 Å². The third-order valence-corrected chi connectivity index (χ3v) is 3.46. The Hall–Kier alpha value is -1.58. The van der Waals surface area contributed by atoms with Crippen LogP contribution in [0.1, 0.15) is 24.5 Å². The molecule has 1 heterocycles. The van der Waals surface area contributed by atoms with E-state index in [1.807, 2.05) is 30.3 Å². The van der Waals surface area contributed by atoms with Crippen molar-refractivity contribution in [3.63, 3.8) is 0 Å². The van der Waals surface area contributed by atoms with Crippen LogP contribution in [0.3, 0.4) is 0 Å². The van der Waals surface area contributed by atoms with E-state index in [1.165, 1.54) is 0 Å². The lowest BCUT2D eigenvalue weighted by Gasteiger charge is -2.12. The Morgan fingerprint density at radius 1 is 1.20 bits per heavy atom. The fourth-order valence-corrected chi connectivity index (χ4v) is 2.13. The van der Waals surface area contributed by atoms with Gasteiger partial charge < -0.3 is 10.5 Å². The summed E-state index contributed by atoms with van der Waals surface area (Å²) in [5.74, 6) is 0.692. The summed E-state index contributed by atoms with van der Waals surface area (Å²) in [6, 6.07) is 9.86. The first-order valence-corrected chi connectivity index (χ1v) is 7.12. The van der Waals surface area contributed by atoms with Gasteiger partial charge in [0, 0.05) is 18.4 Å².